The van der Waals surface area contributed by atoms with Gasteiger partial charge in [-0.25, -0.2) is 0 Å². The Balaban J connectivity index is 2.68. The Morgan fingerprint density at radius 2 is 1.78 bits per heavy atom. The largest absolute Gasteiger partial charge is 0.481 e. The second kappa shape index (κ2) is 5.26. The highest BCUT2D eigenvalue weighted by molar-refractivity contribution is 5.81. The number of carboxylic acids is 1. The van der Waals surface area contributed by atoms with Crippen molar-refractivity contribution < 1.29 is 19.4 Å². The van der Waals surface area contributed by atoms with E-state index < -0.39 is 11.5 Å². The van der Waals surface area contributed by atoms with E-state index in [1.54, 1.807) is 13.8 Å². The molecule has 104 valence electrons. The Kier molecular flexibility index (Phi) is 4.37. The number of carbonyl (C=O) groups is 2. The van der Waals surface area contributed by atoms with E-state index >= 15 is 0 Å². The monoisotopic (exact) mass is 257 g/mol. The molecule has 0 spiro atoms. The zero-order valence-electron chi connectivity index (χ0n) is 11.7. The van der Waals surface area contributed by atoms with Crippen molar-refractivity contribution in [3.8, 4) is 0 Å². The Bertz CT molecular complexity index is 340. The molecule has 18 heavy (non-hydrogen) atoms. The van der Waals surface area contributed by atoms with Crippen LogP contribution in [-0.2, 0) is 14.3 Å². The number of carboxylic acid groups (broad SMARTS) is 1. The number of rotatable bonds is 4. The quantitative estimate of drug-likeness (QED) is 0.798. The zero-order valence-corrected chi connectivity index (χ0v) is 11.7. The third-order valence-electron chi connectivity index (χ3n) is 3.60. The van der Waals surface area contributed by atoms with Crippen LogP contribution in [0.1, 0.15) is 41.0 Å². The number of aliphatic carboxylic acids is 1. The summed E-state index contributed by atoms with van der Waals surface area (Å²) in [6, 6.07) is 0. The van der Waals surface area contributed by atoms with E-state index in [2.05, 4.69) is 5.32 Å². The average Bonchev–Trinajstić information content (AvgIpc) is 2.37. The minimum Gasteiger partial charge on any atom is -0.481 e. The lowest BCUT2D eigenvalue weighted by molar-refractivity contribution is -0.139. The van der Waals surface area contributed by atoms with E-state index in [0.29, 0.717) is 0 Å². The lowest BCUT2D eigenvalue weighted by Crippen LogP contribution is -2.49. The van der Waals surface area contributed by atoms with Crippen LogP contribution in [0.25, 0.3) is 0 Å². The first-order valence-corrected chi connectivity index (χ1v) is 6.33. The highest BCUT2D eigenvalue weighted by Crippen LogP contribution is 2.32. The van der Waals surface area contributed by atoms with Crippen molar-refractivity contribution in [1.82, 2.24) is 5.32 Å². The molecule has 1 aliphatic rings. The van der Waals surface area contributed by atoms with E-state index in [0.717, 1.165) is 0 Å². The normalized spacial score (nSPS) is 32.3. The molecule has 5 heteroatoms. The van der Waals surface area contributed by atoms with Gasteiger partial charge in [-0.2, -0.15) is 0 Å². The lowest BCUT2D eigenvalue weighted by Gasteiger charge is -2.28. The molecule has 0 saturated carbocycles. The molecule has 1 aliphatic heterocycles. The molecule has 0 aromatic heterocycles. The summed E-state index contributed by atoms with van der Waals surface area (Å²) in [5.41, 5.74) is -0.742. The molecular weight excluding hydrogens is 234 g/mol. The van der Waals surface area contributed by atoms with Crippen molar-refractivity contribution in [3.05, 3.63) is 0 Å². The van der Waals surface area contributed by atoms with Crippen molar-refractivity contribution >= 4 is 11.9 Å². The first-order chi connectivity index (χ1) is 8.14. The van der Waals surface area contributed by atoms with Crippen molar-refractivity contribution in [2.24, 2.45) is 11.8 Å². The second-order valence-electron chi connectivity index (χ2n) is 5.87. The smallest absolute Gasteiger partial charge is 0.305 e. The predicted octanol–water partition coefficient (Wildman–Crippen LogP) is 1.42. The molecule has 0 aromatic rings. The molecule has 5 nitrogen and oxygen atoms in total. The van der Waals surface area contributed by atoms with Crippen molar-refractivity contribution in [3.63, 3.8) is 0 Å². The number of carbonyl (C=O) groups excluding carboxylic acids is 1. The fourth-order valence-corrected chi connectivity index (χ4v) is 2.56. The van der Waals surface area contributed by atoms with Gasteiger partial charge in [0.15, 0.2) is 0 Å². The van der Waals surface area contributed by atoms with Crippen LogP contribution in [0.3, 0.4) is 0 Å². The molecule has 0 aliphatic carbocycles. The van der Waals surface area contributed by atoms with Crippen LogP contribution in [0.2, 0.25) is 0 Å². The number of hydrogen-bond donors (Lipinski definition) is 2. The lowest BCUT2D eigenvalue weighted by atomic mass is 9.87. The van der Waals surface area contributed by atoms with Crippen LogP contribution < -0.4 is 5.32 Å². The van der Waals surface area contributed by atoms with E-state index in [-0.39, 0.29) is 36.4 Å². The van der Waals surface area contributed by atoms with Gasteiger partial charge in [-0.05, 0) is 33.6 Å². The molecule has 0 aromatic carbocycles. The van der Waals surface area contributed by atoms with Crippen LogP contribution in [0.15, 0.2) is 0 Å². The van der Waals surface area contributed by atoms with Gasteiger partial charge in [0, 0.05) is 5.54 Å². The van der Waals surface area contributed by atoms with Crippen molar-refractivity contribution in [2.75, 3.05) is 0 Å². The summed E-state index contributed by atoms with van der Waals surface area (Å²) in [6.45, 7) is 9.26. The van der Waals surface area contributed by atoms with E-state index in [4.69, 9.17) is 9.84 Å². The van der Waals surface area contributed by atoms with Gasteiger partial charge in [-0.1, -0.05) is 6.92 Å². The van der Waals surface area contributed by atoms with Gasteiger partial charge in [0.25, 0.3) is 0 Å². The Labute approximate surface area is 108 Å². The van der Waals surface area contributed by atoms with Crippen LogP contribution in [0.4, 0.5) is 0 Å². The molecule has 1 heterocycles. The molecule has 2 N–H and O–H groups in total. The van der Waals surface area contributed by atoms with Crippen molar-refractivity contribution in [1.29, 1.82) is 0 Å². The predicted molar refractivity (Wildman–Crippen MR) is 67.1 cm³/mol. The topological polar surface area (TPSA) is 75.6 Å². The van der Waals surface area contributed by atoms with Gasteiger partial charge in [0.2, 0.25) is 5.91 Å². The maximum atomic E-state index is 12.2. The number of amides is 1. The van der Waals surface area contributed by atoms with Crippen LogP contribution in [-0.4, -0.2) is 34.7 Å². The maximum Gasteiger partial charge on any atom is 0.305 e. The fourth-order valence-electron chi connectivity index (χ4n) is 2.56. The minimum absolute atomic E-state index is 0.0540. The summed E-state index contributed by atoms with van der Waals surface area (Å²) in [5, 5.41) is 11.6. The highest BCUT2D eigenvalue weighted by atomic mass is 16.5. The van der Waals surface area contributed by atoms with Crippen LogP contribution >= 0.6 is 0 Å². The van der Waals surface area contributed by atoms with E-state index in [1.807, 2.05) is 20.8 Å². The highest BCUT2D eigenvalue weighted by Gasteiger charge is 2.42. The Morgan fingerprint density at radius 3 is 2.17 bits per heavy atom. The molecule has 4 unspecified atom stereocenters. The fraction of sp³-hybridized carbons (Fsp3) is 0.846. The third-order valence-corrected chi connectivity index (χ3v) is 3.60. The van der Waals surface area contributed by atoms with E-state index in [9.17, 15) is 9.59 Å². The second-order valence-corrected chi connectivity index (χ2v) is 5.87. The zero-order chi connectivity index (χ0) is 14.1. The first-order valence-electron chi connectivity index (χ1n) is 6.33. The van der Waals surface area contributed by atoms with Crippen LogP contribution in [0.5, 0.6) is 0 Å². The standard InChI is InChI=1S/C13H23NO4/c1-7-8(2)18-9(3)11(7)12(17)14-13(4,5)6-10(15)16/h7-9,11H,6H2,1-5H3,(H,14,17)(H,15,16). The minimum atomic E-state index is -0.919. The van der Waals surface area contributed by atoms with E-state index in [1.165, 1.54) is 0 Å². The summed E-state index contributed by atoms with van der Waals surface area (Å²) < 4.78 is 5.63. The van der Waals surface area contributed by atoms with Gasteiger partial charge in [-0.3, -0.25) is 9.59 Å². The molecule has 1 amide bonds. The summed E-state index contributed by atoms with van der Waals surface area (Å²) >= 11 is 0. The molecule has 0 bridgehead atoms. The maximum absolute atomic E-state index is 12.2. The van der Waals surface area contributed by atoms with Crippen LogP contribution in [0, 0.1) is 11.8 Å². The van der Waals surface area contributed by atoms with Gasteiger partial charge >= 0.3 is 5.97 Å². The number of nitrogens with one attached hydrogen (secondary N) is 1. The summed E-state index contributed by atoms with van der Waals surface area (Å²) in [4.78, 5) is 22.9. The number of hydrogen-bond acceptors (Lipinski definition) is 3. The third kappa shape index (κ3) is 3.45. The summed E-state index contributed by atoms with van der Waals surface area (Å²) in [6.07, 6.45) is -0.168. The number of ether oxygens (including phenoxy) is 1. The Hall–Kier alpha value is -1.10. The first kappa shape index (κ1) is 15.0. The molecule has 0 radical (unpaired) electrons. The van der Waals surface area contributed by atoms with Gasteiger partial charge < -0.3 is 15.2 Å². The summed E-state index contributed by atoms with van der Waals surface area (Å²) in [7, 11) is 0. The van der Waals surface area contributed by atoms with Gasteiger partial charge in [-0.15, -0.1) is 0 Å². The summed E-state index contributed by atoms with van der Waals surface area (Å²) in [5.74, 6) is -1.11. The van der Waals surface area contributed by atoms with Gasteiger partial charge in [0.05, 0.1) is 24.5 Å². The van der Waals surface area contributed by atoms with Gasteiger partial charge in [0.1, 0.15) is 0 Å². The molecule has 4 atom stereocenters. The Morgan fingerprint density at radius 1 is 1.22 bits per heavy atom. The molecule has 1 rings (SSSR count). The molecule has 1 saturated heterocycles. The molecule has 1 fully saturated rings. The SMILES string of the molecule is CC1OC(C)C(C(=O)NC(C)(C)CC(=O)O)C1C. The van der Waals surface area contributed by atoms with Crippen molar-refractivity contribution in [2.45, 2.75) is 58.8 Å². The molecular formula is C13H23NO4. The average molecular weight is 257 g/mol.